The number of carbonyl (C=O) groups excluding carboxylic acids is 2. The summed E-state index contributed by atoms with van der Waals surface area (Å²) >= 11 is 6.69. The third-order valence-corrected chi connectivity index (χ3v) is 12.8. The summed E-state index contributed by atoms with van der Waals surface area (Å²) < 4.78 is 91.7. The van der Waals surface area contributed by atoms with E-state index in [1.165, 1.54) is 36.4 Å². The Morgan fingerprint density at radius 2 is 1.24 bits per heavy atom. The highest BCUT2D eigenvalue weighted by molar-refractivity contribution is 9.11. The molecule has 13 nitrogen and oxygen atoms in total. The molecule has 372 valence electrons. The fourth-order valence-electron chi connectivity index (χ4n) is 8.18. The van der Waals surface area contributed by atoms with Crippen LogP contribution in [0.5, 0.6) is 0 Å². The maximum atomic E-state index is 14.8. The first kappa shape index (κ1) is 53.3. The molecule has 0 unspecified atom stereocenters. The molecule has 6 aromatic rings. The van der Waals surface area contributed by atoms with Crippen LogP contribution >= 0.6 is 31.9 Å². The van der Waals surface area contributed by atoms with E-state index >= 15 is 0 Å². The van der Waals surface area contributed by atoms with Gasteiger partial charge in [0.1, 0.15) is 17.2 Å². The van der Waals surface area contributed by atoms with E-state index in [1.54, 1.807) is 79.7 Å². The van der Waals surface area contributed by atoms with Gasteiger partial charge in [0.15, 0.2) is 23.3 Å². The third-order valence-electron chi connectivity index (χ3n) is 11.6. The van der Waals surface area contributed by atoms with E-state index in [2.05, 4.69) is 52.7 Å². The van der Waals surface area contributed by atoms with Crippen LogP contribution in [-0.2, 0) is 18.8 Å². The lowest BCUT2D eigenvalue weighted by molar-refractivity contribution is 0.0186. The Labute approximate surface area is 416 Å². The van der Waals surface area contributed by atoms with E-state index < -0.39 is 64.5 Å². The molecular formula is C49H50Br2F6N8O5. The molecule has 2 aromatic heterocycles. The molecule has 2 aliphatic rings. The van der Waals surface area contributed by atoms with E-state index in [4.69, 9.17) is 15.6 Å². The minimum absolute atomic E-state index is 0.0864. The maximum absolute atomic E-state index is 14.8. The zero-order valence-electron chi connectivity index (χ0n) is 38.6. The first-order valence-electron chi connectivity index (χ1n) is 21.9. The number of aromatic carboxylic acids is 1. The molecule has 4 atom stereocenters. The molecule has 4 aromatic carbocycles. The van der Waals surface area contributed by atoms with Gasteiger partial charge in [0.25, 0.3) is 5.91 Å². The van der Waals surface area contributed by atoms with Gasteiger partial charge in [0.2, 0.25) is 0 Å². The molecule has 0 radical (unpaired) electrons. The van der Waals surface area contributed by atoms with E-state index in [1.807, 2.05) is 0 Å². The van der Waals surface area contributed by atoms with Crippen LogP contribution in [0.15, 0.2) is 94.1 Å². The summed E-state index contributed by atoms with van der Waals surface area (Å²) in [5.41, 5.74) is 8.95. The second-order valence-electron chi connectivity index (χ2n) is 17.6. The van der Waals surface area contributed by atoms with Crippen molar-refractivity contribution < 1.29 is 50.6 Å². The van der Waals surface area contributed by atoms with Gasteiger partial charge in [-0.2, -0.15) is 10.2 Å². The number of aromatic nitrogens is 4. The van der Waals surface area contributed by atoms with Gasteiger partial charge < -0.3 is 31.1 Å². The Hall–Kier alpha value is -6.03. The smallest absolute Gasteiger partial charge is 0.410 e. The lowest BCUT2D eigenvalue weighted by Gasteiger charge is -2.37. The van der Waals surface area contributed by atoms with Crippen LogP contribution < -0.4 is 16.4 Å². The average molecular weight is 1100 g/mol. The van der Waals surface area contributed by atoms with E-state index in [0.717, 1.165) is 22.7 Å². The molecule has 0 saturated carbocycles. The zero-order chi connectivity index (χ0) is 51.2. The third kappa shape index (κ3) is 13.0. The van der Waals surface area contributed by atoms with Crippen molar-refractivity contribution >= 4 is 49.8 Å². The van der Waals surface area contributed by atoms with Crippen molar-refractivity contribution in [1.29, 1.82) is 0 Å². The van der Waals surface area contributed by atoms with Gasteiger partial charge in [0.05, 0.1) is 43.9 Å². The van der Waals surface area contributed by atoms with Gasteiger partial charge >= 0.3 is 12.1 Å². The van der Waals surface area contributed by atoms with Crippen molar-refractivity contribution in [3.8, 4) is 22.5 Å². The predicted octanol–water partition coefficient (Wildman–Crippen LogP) is 9.85. The molecule has 5 N–H and O–H groups in total. The van der Waals surface area contributed by atoms with Crippen LogP contribution in [0.3, 0.4) is 0 Å². The van der Waals surface area contributed by atoms with Crippen molar-refractivity contribution in [2.45, 2.75) is 63.1 Å². The highest BCUT2D eigenvalue weighted by Crippen LogP contribution is 2.32. The molecule has 21 heteroatoms. The van der Waals surface area contributed by atoms with Gasteiger partial charge in [-0.05, 0) is 132 Å². The number of hydrogen-bond acceptors (Lipinski definition) is 8. The summed E-state index contributed by atoms with van der Waals surface area (Å²) in [6.07, 6.45) is 4.03. The highest BCUT2D eigenvalue weighted by atomic mass is 79.9. The topological polar surface area (TPSA) is 170 Å². The number of nitrogens with two attached hydrogens (primary N) is 1. The van der Waals surface area contributed by atoms with Crippen LogP contribution in [0.4, 0.5) is 31.1 Å². The normalized spacial score (nSPS) is 17.9. The quantitative estimate of drug-likeness (QED) is 0.114. The Bertz CT molecular complexity index is 2840. The molecule has 0 aliphatic carbocycles. The number of rotatable bonds is 7. The number of aryl methyl sites for hydroxylation is 2. The summed E-state index contributed by atoms with van der Waals surface area (Å²) in [5.74, 6) is -7.17. The standard InChI is InChI=1S/C22H20BrF3N4O.C16H22F2N2O2.C11H8BrFN2O2/c1-30-21(16(23)10-28-30)13-2-4-15(18(25)9-13)22(31)29-20-11-27-7-6-14(20)12-3-5-17(24)19(26)8-12;1-16(2,3)22-15(21)20-7-6-11(14(19)9-20)10-4-5-12(17)13(18)8-10;1-15-10(8(12)5-14-15)6-2-3-7(11(16)17)9(13)4-6/h2-5,8-10,14,20,27H,6-7,11H2,1H3,(H,29,31);4-5,8,11,14H,6-7,9,19H2,1-3H3;2-5H,1H3,(H,16,17)/t14-,20+;11-,14+;/m00./s1. The molecule has 2 saturated heterocycles. The summed E-state index contributed by atoms with van der Waals surface area (Å²) in [6, 6.07) is 15.2. The van der Waals surface area contributed by atoms with Crippen molar-refractivity contribution in [2.75, 3.05) is 26.2 Å². The lowest BCUT2D eigenvalue weighted by atomic mass is 9.85. The van der Waals surface area contributed by atoms with E-state index in [0.29, 0.717) is 77.1 Å². The van der Waals surface area contributed by atoms with Crippen LogP contribution in [0.2, 0.25) is 0 Å². The second-order valence-corrected chi connectivity index (χ2v) is 19.3. The Kier molecular flexibility index (Phi) is 17.4. The van der Waals surface area contributed by atoms with Gasteiger partial charge in [0, 0.05) is 68.8 Å². The molecule has 0 spiro atoms. The minimum atomic E-state index is -1.28. The monoisotopic (exact) mass is 1100 g/mol. The van der Waals surface area contributed by atoms with Crippen LogP contribution in [0.1, 0.15) is 77.3 Å². The number of carboxylic acids is 1. The van der Waals surface area contributed by atoms with Crippen molar-refractivity contribution in [1.82, 2.24) is 35.1 Å². The fourth-order valence-corrected chi connectivity index (χ4v) is 9.34. The van der Waals surface area contributed by atoms with Crippen LogP contribution in [0.25, 0.3) is 22.5 Å². The number of hydrogen-bond donors (Lipinski definition) is 4. The lowest BCUT2D eigenvalue weighted by Crippen LogP contribution is -2.50. The number of piperidine rings is 2. The Morgan fingerprint density at radius 3 is 1.69 bits per heavy atom. The molecule has 70 heavy (non-hydrogen) atoms. The number of carboxylic acid groups (broad SMARTS) is 1. The van der Waals surface area contributed by atoms with Gasteiger partial charge in [-0.1, -0.05) is 24.3 Å². The number of ether oxygens (including phenoxy) is 1. The summed E-state index contributed by atoms with van der Waals surface area (Å²) in [4.78, 5) is 37.1. The van der Waals surface area contributed by atoms with E-state index in [-0.39, 0.29) is 29.0 Å². The summed E-state index contributed by atoms with van der Waals surface area (Å²) in [6.45, 7) is 7.34. The SMILES string of the molecule is CC(C)(C)OC(=O)N1CC[C@@H](c2ccc(F)c(F)c2)[C@H](N)C1.Cn1ncc(Br)c1-c1ccc(C(=O)N[C@@H]2CNCC[C@H]2c2ccc(F)c(F)c2)c(F)c1.Cn1ncc(Br)c1-c1ccc(C(=O)O)c(F)c1. The second kappa shape index (κ2) is 22.8. The van der Waals surface area contributed by atoms with Crippen molar-refractivity contribution in [3.05, 3.63) is 151 Å². The maximum Gasteiger partial charge on any atom is 0.410 e. The first-order chi connectivity index (χ1) is 33.0. The van der Waals surface area contributed by atoms with Crippen LogP contribution in [-0.4, -0.2) is 91.4 Å². The molecular weight excluding hydrogens is 1050 g/mol. The number of benzene rings is 4. The van der Waals surface area contributed by atoms with E-state index in [9.17, 15) is 40.7 Å². The number of amides is 2. The molecule has 0 bridgehead atoms. The molecule has 2 amide bonds. The predicted molar refractivity (Wildman–Crippen MR) is 257 cm³/mol. The molecule has 4 heterocycles. The number of carbonyl (C=O) groups is 3. The highest BCUT2D eigenvalue weighted by Gasteiger charge is 2.33. The molecule has 2 aliphatic heterocycles. The number of halogens is 8. The minimum Gasteiger partial charge on any atom is -0.478 e. The Morgan fingerprint density at radius 1 is 0.729 bits per heavy atom. The first-order valence-corrected chi connectivity index (χ1v) is 23.4. The van der Waals surface area contributed by atoms with Crippen LogP contribution in [0, 0.1) is 34.9 Å². The zero-order valence-corrected chi connectivity index (χ0v) is 41.7. The number of nitrogens with zero attached hydrogens (tertiary/aromatic N) is 5. The summed E-state index contributed by atoms with van der Waals surface area (Å²) in [7, 11) is 3.47. The molecule has 8 rings (SSSR count). The summed E-state index contributed by atoms with van der Waals surface area (Å²) in [5, 5.41) is 22.9. The van der Waals surface area contributed by atoms with Crippen molar-refractivity contribution in [3.63, 3.8) is 0 Å². The average Bonchev–Trinajstić information content (AvgIpc) is 3.82. The number of likely N-dealkylation sites (tertiary alicyclic amines) is 1. The van der Waals surface area contributed by atoms with Gasteiger partial charge in [-0.25, -0.2) is 35.9 Å². The van der Waals surface area contributed by atoms with Gasteiger partial charge in [-0.3, -0.25) is 14.2 Å². The fraction of sp³-hybridized carbons (Fsp3) is 0.327. The largest absolute Gasteiger partial charge is 0.478 e. The molecule has 2 fully saturated rings. The number of nitrogens with one attached hydrogen (secondary N) is 2. The van der Waals surface area contributed by atoms with Gasteiger partial charge in [-0.15, -0.1) is 0 Å². The van der Waals surface area contributed by atoms with Crippen molar-refractivity contribution in [2.24, 2.45) is 19.8 Å². The Balaban J connectivity index is 0.000000181.